The Bertz CT molecular complexity index is 682. The number of aryl methyl sites for hydroxylation is 1. The third-order valence-corrected chi connectivity index (χ3v) is 3.11. The SMILES string of the molecule is Cc1cc(NC2C(=O)C(=O)C2O)cc(-c2nn[nH]n2)c1. The van der Waals surface area contributed by atoms with Crippen molar-refractivity contribution in [2.75, 3.05) is 5.32 Å². The second kappa shape index (κ2) is 4.49. The Morgan fingerprint density at radius 1 is 1.25 bits per heavy atom. The molecule has 0 amide bonds. The molecule has 3 rings (SSSR count). The standard InChI is InChI=1S/C12H11N5O3/c1-5-2-6(12-14-16-17-15-12)4-7(3-5)13-8-9(18)11(20)10(8)19/h2-4,8-9,13,18H,1H3,(H,14,15,16,17). The van der Waals surface area contributed by atoms with Crippen LogP contribution in [0.3, 0.4) is 0 Å². The van der Waals surface area contributed by atoms with Crippen LogP contribution in [0.1, 0.15) is 5.56 Å². The number of hydrogen-bond acceptors (Lipinski definition) is 7. The molecule has 0 spiro atoms. The van der Waals surface area contributed by atoms with Crippen molar-refractivity contribution in [3.63, 3.8) is 0 Å². The van der Waals surface area contributed by atoms with Crippen molar-refractivity contribution in [1.29, 1.82) is 0 Å². The normalized spacial score (nSPS) is 21.7. The van der Waals surface area contributed by atoms with Crippen LogP contribution in [-0.2, 0) is 9.59 Å². The highest BCUT2D eigenvalue weighted by atomic mass is 16.3. The zero-order valence-corrected chi connectivity index (χ0v) is 10.5. The van der Waals surface area contributed by atoms with Gasteiger partial charge in [-0.05, 0) is 35.9 Å². The van der Waals surface area contributed by atoms with E-state index in [2.05, 4.69) is 25.9 Å². The molecule has 1 aliphatic rings. The Balaban J connectivity index is 1.87. The quantitative estimate of drug-likeness (QED) is 0.642. The molecule has 1 aromatic carbocycles. The van der Waals surface area contributed by atoms with Crippen LogP contribution < -0.4 is 5.32 Å². The Morgan fingerprint density at radius 2 is 2.05 bits per heavy atom. The van der Waals surface area contributed by atoms with Crippen molar-refractivity contribution in [1.82, 2.24) is 20.6 Å². The average molecular weight is 273 g/mol. The summed E-state index contributed by atoms with van der Waals surface area (Å²) in [4.78, 5) is 22.4. The van der Waals surface area contributed by atoms with Crippen LogP contribution in [0.2, 0.25) is 0 Å². The molecule has 2 atom stereocenters. The maximum Gasteiger partial charge on any atom is 0.231 e. The van der Waals surface area contributed by atoms with Gasteiger partial charge in [-0.15, -0.1) is 10.2 Å². The number of Topliss-reactive ketones (excluding diaryl/α,β-unsaturated/α-hetero) is 2. The van der Waals surface area contributed by atoms with E-state index in [0.717, 1.165) is 5.56 Å². The number of carbonyl (C=O) groups excluding carboxylic acids is 2. The highest BCUT2D eigenvalue weighted by Gasteiger charge is 2.48. The predicted molar refractivity (Wildman–Crippen MR) is 67.8 cm³/mol. The van der Waals surface area contributed by atoms with Crippen LogP contribution in [0.15, 0.2) is 18.2 Å². The molecule has 8 nitrogen and oxygen atoms in total. The van der Waals surface area contributed by atoms with E-state index in [9.17, 15) is 14.7 Å². The van der Waals surface area contributed by atoms with Gasteiger partial charge in [0.2, 0.25) is 17.4 Å². The number of aromatic amines is 1. The fraction of sp³-hybridized carbons (Fsp3) is 0.250. The smallest absolute Gasteiger partial charge is 0.231 e. The number of hydrogen-bond donors (Lipinski definition) is 3. The Kier molecular flexibility index (Phi) is 2.79. The molecule has 1 saturated carbocycles. The zero-order valence-electron chi connectivity index (χ0n) is 10.5. The molecule has 1 heterocycles. The van der Waals surface area contributed by atoms with Gasteiger partial charge in [0.1, 0.15) is 12.1 Å². The summed E-state index contributed by atoms with van der Waals surface area (Å²) in [5.41, 5.74) is 2.24. The predicted octanol–water partition coefficient (Wildman–Crippen LogP) is -0.532. The molecule has 1 aromatic heterocycles. The van der Waals surface area contributed by atoms with Gasteiger partial charge in [-0.2, -0.15) is 5.21 Å². The minimum absolute atomic E-state index is 0.424. The maximum absolute atomic E-state index is 11.4. The summed E-state index contributed by atoms with van der Waals surface area (Å²) in [6.07, 6.45) is -1.28. The molecular formula is C12H11N5O3. The number of anilines is 1. The van der Waals surface area contributed by atoms with Gasteiger partial charge < -0.3 is 10.4 Å². The number of carbonyl (C=O) groups is 2. The van der Waals surface area contributed by atoms with E-state index in [1.165, 1.54) is 0 Å². The largest absolute Gasteiger partial charge is 0.382 e. The van der Waals surface area contributed by atoms with Gasteiger partial charge in [-0.3, -0.25) is 9.59 Å². The van der Waals surface area contributed by atoms with Crippen molar-refractivity contribution < 1.29 is 14.7 Å². The number of H-pyrrole nitrogens is 1. The number of aliphatic hydroxyl groups is 1. The molecule has 1 aliphatic carbocycles. The van der Waals surface area contributed by atoms with Crippen molar-refractivity contribution in [2.24, 2.45) is 0 Å². The molecular weight excluding hydrogens is 262 g/mol. The van der Waals surface area contributed by atoms with Crippen molar-refractivity contribution in [3.8, 4) is 11.4 Å². The third kappa shape index (κ3) is 1.95. The summed E-state index contributed by atoms with van der Waals surface area (Å²) in [5, 5.41) is 25.9. The Morgan fingerprint density at radius 3 is 2.70 bits per heavy atom. The van der Waals surface area contributed by atoms with Crippen LogP contribution in [-0.4, -0.2) is 49.4 Å². The van der Waals surface area contributed by atoms with Gasteiger partial charge in [0, 0.05) is 11.3 Å². The number of aromatic nitrogens is 4. The minimum Gasteiger partial charge on any atom is -0.382 e. The summed E-state index contributed by atoms with van der Waals surface area (Å²) in [6, 6.07) is 4.50. The van der Waals surface area contributed by atoms with Gasteiger partial charge in [-0.25, -0.2) is 0 Å². The van der Waals surface area contributed by atoms with E-state index in [1.54, 1.807) is 12.1 Å². The first-order valence-corrected chi connectivity index (χ1v) is 5.94. The van der Waals surface area contributed by atoms with E-state index in [1.807, 2.05) is 13.0 Å². The van der Waals surface area contributed by atoms with Gasteiger partial charge in [0.05, 0.1) is 0 Å². The summed E-state index contributed by atoms with van der Waals surface area (Å²) in [5.74, 6) is -0.943. The van der Waals surface area contributed by atoms with Gasteiger partial charge in [0.25, 0.3) is 0 Å². The summed E-state index contributed by atoms with van der Waals surface area (Å²) in [7, 11) is 0. The molecule has 0 bridgehead atoms. The number of nitrogens with one attached hydrogen (secondary N) is 2. The highest BCUT2D eigenvalue weighted by molar-refractivity contribution is 6.49. The van der Waals surface area contributed by atoms with E-state index in [4.69, 9.17) is 0 Å². The van der Waals surface area contributed by atoms with Crippen LogP contribution >= 0.6 is 0 Å². The lowest BCUT2D eigenvalue weighted by Gasteiger charge is -2.30. The van der Waals surface area contributed by atoms with Crippen LogP contribution in [0.5, 0.6) is 0 Å². The van der Waals surface area contributed by atoms with E-state index in [-0.39, 0.29) is 0 Å². The lowest BCUT2D eigenvalue weighted by atomic mass is 9.85. The van der Waals surface area contributed by atoms with Crippen LogP contribution in [0, 0.1) is 6.92 Å². The number of benzene rings is 1. The molecule has 2 aromatic rings. The fourth-order valence-corrected chi connectivity index (χ4v) is 2.10. The Hall–Kier alpha value is -2.61. The van der Waals surface area contributed by atoms with Crippen molar-refractivity contribution >= 4 is 17.3 Å². The van der Waals surface area contributed by atoms with Gasteiger partial charge in [-0.1, -0.05) is 0 Å². The third-order valence-electron chi connectivity index (χ3n) is 3.11. The molecule has 1 fully saturated rings. The van der Waals surface area contributed by atoms with Gasteiger partial charge in [0.15, 0.2) is 0 Å². The van der Waals surface area contributed by atoms with Crippen molar-refractivity contribution in [2.45, 2.75) is 19.1 Å². The summed E-state index contributed by atoms with van der Waals surface area (Å²) >= 11 is 0. The molecule has 0 aliphatic heterocycles. The maximum atomic E-state index is 11.4. The van der Waals surface area contributed by atoms with E-state index < -0.39 is 23.7 Å². The lowest BCUT2D eigenvalue weighted by Crippen LogP contribution is -2.61. The number of tetrazole rings is 1. The molecule has 102 valence electrons. The molecule has 0 saturated heterocycles. The monoisotopic (exact) mass is 273 g/mol. The van der Waals surface area contributed by atoms with E-state index in [0.29, 0.717) is 17.1 Å². The van der Waals surface area contributed by atoms with Gasteiger partial charge >= 0.3 is 0 Å². The Labute approximate surface area is 113 Å². The number of ketones is 2. The molecule has 2 unspecified atom stereocenters. The summed E-state index contributed by atoms with van der Waals surface area (Å²) in [6.45, 7) is 1.87. The van der Waals surface area contributed by atoms with Crippen LogP contribution in [0.4, 0.5) is 5.69 Å². The first-order chi connectivity index (χ1) is 9.56. The highest BCUT2D eigenvalue weighted by Crippen LogP contribution is 2.24. The fourth-order valence-electron chi connectivity index (χ4n) is 2.10. The first kappa shape index (κ1) is 12.4. The second-order valence-electron chi connectivity index (χ2n) is 4.62. The van der Waals surface area contributed by atoms with Crippen LogP contribution in [0.25, 0.3) is 11.4 Å². The molecule has 20 heavy (non-hydrogen) atoms. The number of nitrogens with zero attached hydrogens (tertiary/aromatic N) is 3. The minimum atomic E-state index is -1.28. The molecule has 8 heteroatoms. The molecule has 0 radical (unpaired) electrons. The topological polar surface area (TPSA) is 121 Å². The number of aliphatic hydroxyl groups excluding tert-OH is 1. The van der Waals surface area contributed by atoms with E-state index >= 15 is 0 Å². The second-order valence-corrected chi connectivity index (χ2v) is 4.62. The lowest BCUT2D eigenvalue weighted by molar-refractivity contribution is -0.152. The average Bonchev–Trinajstić information content (AvgIpc) is 2.97. The molecule has 3 N–H and O–H groups in total. The summed E-state index contributed by atoms with van der Waals surface area (Å²) < 4.78 is 0. The zero-order chi connectivity index (χ0) is 14.3. The first-order valence-electron chi connectivity index (χ1n) is 5.94. The number of rotatable bonds is 3. The van der Waals surface area contributed by atoms with Crippen molar-refractivity contribution in [3.05, 3.63) is 23.8 Å².